The van der Waals surface area contributed by atoms with Crippen LogP contribution in [0.15, 0.2) is 24.3 Å². The van der Waals surface area contributed by atoms with E-state index in [2.05, 4.69) is 0 Å². The van der Waals surface area contributed by atoms with E-state index in [-0.39, 0.29) is 18.0 Å². The molecule has 0 amide bonds. The van der Waals surface area contributed by atoms with Gasteiger partial charge in [0.2, 0.25) is 0 Å². The molecule has 1 rings (SSSR count). The average molecular weight is 234 g/mol. The third-order valence-corrected chi connectivity index (χ3v) is 2.56. The first-order valence-corrected chi connectivity index (χ1v) is 5.86. The van der Waals surface area contributed by atoms with Gasteiger partial charge in [-0.15, -0.1) is 0 Å². The number of methoxy groups -OCH3 is 1. The number of carbonyl (C=O) groups is 2. The number of hydrogen-bond donors (Lipinski definition) is 0. The molecule has 0 aromatic heterocycles. The molecular weight excluding hydrogens is 216 g/mol. The van der Waals surface area contributed by atoms with Crippen LogP contribution in [-0.2, 0) is 4.79 Å². The Hall–Kier alpha value is -1.64. The Morgan fingerprint density at radius 2 is 2.06 bits per heavy atom. The Bertz CT molecular complexity index is 396. The van der Waals surface area contributed by atoms with Gasteiger partial charge in [-0.05, 0) is 18.6 Å². The fourth-order valence-corrected chi connectivity index (χ4v) is 1.54. The lowest BCUT2D eigenvalue weighted by molar-refractivity contribution is -0.118. The van der Waals surface area contributed by atoms with E-state index >= 15 is 0 Å². The fourth-order valence-electron chi connectivity index (χ4n) is 1.54. The summed E-state index contributed by atoms with van der Waals surface area (Å²) in [4.78, 5) is 23.3. The van der Waals surface area contributed by atoms with Crippen LogP contribution in [-0.4, -0.2) is 18.7 Å². The number of benzene rings is 1. The van der Waals surface area contributed by atoms with Crippen LogP contribution in [0.2, 0.25) is 0 Å². The Labute approximate surface area is 102 Å². The lowest BCUT2D eigenvalue weighted by atomic mass is 10.0. The normalized spacial score (nSPS) is 10.0. The second kappa shape index (κ2) is 6.84. The summed E-state index contributed by atoms with van der Waals surface area (Å²) < 4.78 is 5.04. The Morgan fingerprint density at radius 3 is 2.71 bits per heavy atom. The molecule has 92 valence electrons. The van der Waals surface area contributed by atoms with Crippen molar-refractivity contribution in [3.8, 4) is 5.75 Å². The van der Waals surface area contributed by atoms with Gasteiger partial charge in [0.1, 0.15) is 11.5 Å². The molecule has 3 nitrogen and oxygen atoms in total. The third kappa shape index (κ3) is 4.39. The van der Waals surface area contributed by atoms with Crippen molar-refractivity contribution in [3.05, 3.63) is 29.8 Å². The lowest BCUT2D eigenvalue weighted by Crippen LogP contribution is -2.08. The summed E-state index contributed by atoms with van der Waals surface area (Å²) in [5.41, 5.74) is 0.536. The van der Waals surface area contributed by atoms with Crippen LogP contribution < -0.4 is 4.74 Å². The molecule has 0 atom stereocenters. The summed E-state index contributed by atoms with van der Waals surface area (Å²) in [6.07, 6.45) is 2.31. The van der Waals surface area contributed by atoms with Crippen molar-refractivity contribution in [1.29, 1.82) is 0 Å². The Morgan fingerprint density at radius 1 is 1.29 bits per heavy atom. The van der Waals surface area contributed by atoms with Gasteiger partial charge < -0.3 is 4.74 Å². The van der Waals surface area contributed by atoms with Crippen molar-refractivity contribution in [3.63, 3.8) is 0 Å². The highest BCUT2D eigenvalue weighted by molar-refractivity contribution is 6.08. The molecular formula is C14H18O3. The van der Waals surface area contributed by atoms with Gasteiger partial charge in [-0.25, -0.2) is 0 Å². The molecule has 0 spiro atoms. The minimum absolute atomic E-state index is 0.00678. The van der Waals surface area contributed by atoms with E-state index < -0.39 is 0 Å². The molecule has 17 heavy (non-hydrogen) atoms. The molecule has 0 unspecified atom stereocenters. The first-order valence-electron chi connectivity index (χ1n) is 5.86. The number of ether oxygens (including phenoxy) is 1. The molecule has 0 heterocycles. The topological polar surface area (TPSA) is 43.4 Å². The van der Waals surface area contributed by atoms with E-state index in [4.69, 9.17) is 4.74 Å². The molecule has 1 aromatic rings. The van der Waals surface area contributed by atoms with Crippen LogP contribution in [0.4, 0.5) is 0 Å². The zero-order valence-electron chi connectivity index (χ0n) is 10.4. The predicted octanol–water partition coefficient (Wildman–Crippen LogP) is 3.03. The van der Waals surface area contributed by atoms with E-state index in [1.807, 2.05) is 6.92 Å². The highest BCUT2D eigenvalue weighted by Gasteiger charge is 2.11. The molecule has 0 saturated heterocycles. The standard InChI is InChI=1S/C14H18O3/c1-3-4-7-12(15)10-14(16)11-6-5-8-13(9-11)17-2/h5-6,8-9H,3-4,7,10H2,1-2H3. The Balaban J connectivity index is 2.60. The van der Waals surface area contributed by atoms with Crippen molar-refractivity contribution < 1.29 is 14.3 Å². The van der Waals surface area contributed by atoms with Crippen LogP contribution in [0.1, 0.15) is 43.0 Å². The molecule has 0 saturated carbocycles. The fraction of sp³-hybridized carbons (Fsp3) is 0.429. The average Bonchev–Trinajstić information content (AvgIpc) is 2.36. The molecule has 0 aliphatic rings. The monoisotopic (exact) mass is 234 g/mol. The van der Waals surface area contributed by atoms with Crippen LogP contribution >= 0.6 is 0 Å². The lowest BCUT2D eigenvalue weighted by Gasteiger charge is -2.03. The first kappa shape index (κ1) is 13.4. The highest BCUT2D eigenvalue weighted by Crippen LogP contribution is 2.14. The van der Waals surface area contributed by atoms with Crippen LogP contribution in [0, 0.1) is 0 Å². The van der Waals surface area contributed by atoms with E-state index in [0.29, 0.717) is 17.7 Å². The van der Waals surface area contributed by atoms with Gasteiger partial charge in [-0.3, -0.25) is 9.59 Å². The number of ketones is 2. The second-order valence-corrected chi connectivity index (χ2v) is 3.97. The minimum Gasteiger partial charge on any atom is -0.497 e. The number of carbonyl (C=O) groups excluding carboxylic acids is 2. The van der Waals surface area contributed by atoms with Gasteiger partial charge in [0.05, 0.1) is 13.5 Å². The van der Waals surface area contributed by atoms with Gasteiger partial charge in [0.15, 0.2) is 5.78 Å². The third-order valence-electron chi connectivity index (χ3n) is 2.56. The summed E-state index contributed by atoms with van der Waals surface area (Å²) in [6.45, 7) is 2.02. The zero-order valence-corrected chi connectivity index (χ0v) is 10.4. The molecule has 0 fully saturated rings. The second-order valence-electron chi connectivity index (χ2n) is 3.97. The van der Waals surface area contributed by atoms with Crippen LogP contribution in [0.25, 0.3) is 0 Å². The maximum Gasteiger partial charge on any atom is 0.170 e. The number of Topliss-reactive ketones (excluding diaryl/α,β-unsaturated/α-hetero) is 2. The zero-order chi connectivity index (χ0) is 12.7. The Kier molecular flexibility index (Phi) is 5.40. The smallest absolute Gasteiger partial charge is 0.170 e. The number of unbranched alkanes of at least 4 members (excludes halogenated alkanes) is 1. The van der Waals surface area contributed by atoms with Gasteiger partial charge in [-0.2, -0.15) is 0 Å². The van der Waals surface area contributed by atoms with E-state index in [0.717, 1.165) is 12.8 Å². The molecule has 0 radical (unpaired) electrons. The molecule has 1 aromatic carbocycles. The number of rotatable bonds is 7. The highest BCUT2D eigenvalue weighted by atomic mass is 16.5. The largest absolute Gasteiger partial charge is 0.497 e. The predicted molar refractivity (Wildman–Crippen MR) is 66.5 cm³/mol. The molecule has 0 aliphatic heterocycles. The maximum atomic E-state index is 11.8. The van der Waals surface area contributed by atoms with E-state index in [1.54, 1.807) is 31.4 Å². The minimum atomic E-state index is -0.134. The van der Waals surface area contributed by atoms with Gasteiger partial charge in [-0.1, -0.05) is 25.5 Å². The first-order chi connectivity index (χ1) is 8.17. The van der Waals surface area contributed by atoms with Crippen LogP contribution in [0.3, 0.4) is 0 Å². The van der Waals surface area contributed by atoms with Crippen molar-refractivity contribution in [1.82, 2.24) is 0 Å². The molecule has 3 heteroatoms. The summed E-state index contributed by atoms with van der Waals surface area (Å²) in [6, 6.07) is 6.89. The van der Waals surface area contributed by atoms with Gasteiger partial charge in [0.25, 0.3) is 0 Å². The van der Waals surface area contributed by atoms with E-state index in [9.17, 15) is 9.59 Å². The van der Waals surface area contributed by atoms with Gasteiger partial charge >= 0.3 is 0 Å². The number of hydrogen-bond acceptors (Lipinski definition) is 3. The van der Waals surface area contributed by atoms with Crippen molar-refractivity contribution in [2.45, 2.75) is 32.6 Å². The van der Waals surface area contributed by atoms with Gasteiger partial charge in [0, 0.05) is 12.0 Å². The quantitative estimate of drug-likeness (QED) is 0.538. The van der Waals surface area contributed by atoms with Crippen molar-refractivity contribution in [2.24, 2.45) is 0 Å². The maximum absolute atomic E-state index is 11.8. The molecule has 0 bridgehead atoms. The SMILES string of the molecule is CCCCC(=O)CC(=O)c1cccc(OC)c1. The van der Waals surface area contributed by atoms with E-state index in [1.165, 1.54) is 0 Å². The summed E-state index contributed by atoms with van der Waals surface area (Å²) in [7, 11) is 1.55. The molecule has 0 N–H and O–H groups in total. The summed E-state index contributed by atoms with van der Waals surface area (Å²) in [5, 5.41) is 0. The van der Waals surface area contributed by atoms with Crippen molar-refractivity contribution in [2.75, 3.05) is 7.11 Å². The summed E-state index contributed by atoms with van der Waals surface area (Å²) >= 11 is 0. The van der Waals surface area contributed by atoms with Crippen molar-refractivity contribution >= 4 is 11.6 Å². The summed E-state index contributed by atoms with van der Waals surface area (Å²) in [5.74, 6) is 0.515. The molecule has 0 aliphatic carbocycles. The van der Waals surface area contributed by atoms with Crippen LogP contribution in [0.5, 0.6) is 5.75 Å².